The van der Waals surface area contributed by atoms with Gasteiger partial charge < -0.3 is 4.98 Å². The largest absolute Gasteiger partial charge is 0.361 e. The predicted molar refractivity (Wildman–Crippen MR) is 170 cm³/mol. The Morgan fingerprint density at radius 3 is 2.38 bits per heavy atom. The van der Waals surface area contributed by atoms with Crippen LogP contribution in [0.2, 0.25) is 0 Å². The molecule has 3 fully saturated rings. The van der Waals surface area contributed by atoms with E-state index in [4.69, 9.17) is 0 Å². The molecule has 0 radical (unpaired) electrons. The lowest BCUT2D eigenvalue weighted by Crippen LogP contribution is -2.62. The van der Waals surface area contributed by atoms with Gasteiger partial charge >= 0.3 is 0 Å². The summed E-state index contributed by atoms with van der Waals surface area (Å²) in [5.41, 5.74) is 12.2. The summed E-state index contributed by atoms with van der Waals surface area (Å²) in [5.74, 6) is 1.10. The molecule has 40 heavy (non-hydrogen) atoms. The number of fused-ring (bicyclic) bond motifs is 8. The SMILES string of the molecule is CCc1cccc2c(C3C=C4C(C)(CC[C@@]5(C)C6CC(C)(C)CCC6(C)CCC45C)c4cccc(C)c43)c[nH]c12. The summed E-state index contributed by atoms with van der Waals surface area (Å²) >= 11 is 0. The van der Waals surface area contributed by atoms with Crippen LogP contribution in [-0.2, 0) is 11.8 Å². The lowest BCUT2D eigenvalue weighted by atomic mass is 9.34. The zero-order chi connectivity index (χ0) is 28.3. The van der Waals surface area contributed by atoms with E-state index in [1.165, 1.54) is 72.5 Å². The van der Waals surface area contributed by atoms with Gasteiger partial charge in [-0.15, -0.1) is 0 Å². The summed E-state index contributed by atoms with van der Waals surface area (Å²) in [6.45, 7) is 20.4. The van der Waals surface area contributed by atoms with Gasteiger partial charge in [0.25, 0.3) is 0 Å². The minimum absolute atomic E-state index is 0.116. The van der Waals surface area contributed by atoms with Crippen LogP contribution < -0.4 is 0 Å². The Labute approximate surface area is 243 Å². The van der Waals surface area contributed by atoms with E-state index in [0.29, 0.717) is 22.2 Å². The number of rotatable bonds is 2. The van der Waals surface area contributed by atoms with Crippen LogP contribution in [0.15, 0.2) is 54.2 Å². The molecule has 212 valence electrons. The molecule has 4 aliphatic carbocycles. The third kappa shape index (κ3) is 3.33. The number of nitrogens with one attached hydrogen (secondary N) is 1. The van der Waals surface area contributed by atoms with Crippen molar-refractivity contribution in [1.29, 1.82) is 0 Å². The first-order valence-corrected chi connectivity index (χ1v) is 16.3. The van der Waals surface area contributed by atoms with E-state index in [1.807, 2.05) is 0 Å². The van der Waals surface area contributed by atoms with Crippen LogP contribution in [-0.4, -0.2) is 4.98 Å². The Hall–Kier alpha value is -2.28. The Morgan fingerprint density at radius 2 is 1.60 bits per heavy atom. The molecule has 6 atom stereocenters. The molecular formula is C39H51N. The zero-order valence-electron chi connectivity index (χ0n) is 26.4. The monoisotopic (exact) mass is 533 g/mol. The van der Waals surface area contributed by atoms with E-state index >= 15 is 0 Å². The van der Waals surface area contributed by atoms with Gasteiger partial charge in [-0.1, -0.05) is 96.5 Å². The number of allylic oxidation sites excluding steroid dienone is 2. The van der Waals surface area contributed by atoms with Crippen molar-refractivity contribution in [3.8, 4) is 0 Å². The smallest absolute Gasteiger partial charge is 0.0489 e. The Bertz CT molecular complexity index is 1530. The summed E-state index contributed by atoms with van der Waals surface area (Å²) in [7, 11) is 0. The van der Waals surface area contributed by atoms with Gasteiger partial charge in [-0.05, 0) is 114 Å². The summed E-state index contributed by atoms with van der Waals surface area (Å²) < 4.78 is 0. The number of benzene rings is 2. The van der Waals surface area contributed by atoms with Crippen molar-refractivity contribution >= 4 is 10.9 Å². The molecule has 1 N–H and O–H groups in total. The van der Waals surface area contributed by atoms with Crippen molar-refractivity contribution in [2.24, 2.45) is 27.6 Å². The van der Waals surface area contributed by atoms with Gasteiger partial charge in [-0.3, -0.25) is 0 Å². The minimum atomic E-state index is 0.116. The molecule has 0 amide bonds. The number of hydrogen-bond donors (Lipinski definition) is 1. The van der Waals surface area contributed by atoms with Gasteiger partial charge in [0.05, 0.1) is 0 Å². The molecule has 3 aromatic rings. The first-order chi connectivity index (χ1) is 18.9. The fourth-order valence-corrected chi connectivity index (χ4v) is 10.9. The molecule has 3 saturated carbocycles. The van der Waals surface area contributed by atoms with Crippen LogP contribution in [0.25, 0.3) is 10.9 Å². The standard InChI is InChI=1S/C39H51N/c1-9-26-13-11-14-27-29(24-40-34(26)27)28-22-31-37(6,30-15-10-12-25(2)33(28)30)19-21-39(8)32-23-35(3,4)16-17-36(32,5)18-20-38(31,39)7/h10-15,22,24,28,32,40H,9,16-21,23H2,1-8H3/t28?,32?,36?,37?,38?,39-/m0/s1. The van der Waals surface area contributed by atoms with Crippen LogP contribution in [0.1, 0.15) is 127 Å². The molecule has 0 spiro atoms. The molecule has 5 unspecified atom stereocenters. The lowest BCUT2D eigenvalue weighted by molar-refractivity contribution is -0.156. The minimum Gasteiger partial charge on any atom is -0.361 e. The molecule has 1 heteroatoms. The second-order valence-corrected chi connectivity index (χ2v) is 16.2. The summed E-state index contributed by atoms with van der Waals surface area (Å²) in [6.07, 6.45) is 15.7. The second-order valence-electron chi connectivity index (χ2n) is 16.2. The molecular weight excluding hydrogens is 482 g/mol. The Morgan fingerprint density at radius 1 is 0.850 bits per heavy atom. The van der Waals surface area contributed by atoms with E-state index in [0.717, 1.165) is 12.3 Å². The zero-order valence-corrected chi connectivity index (χ0v) is 26.4. The average Bonchev–Trinajstić information content (AvgIpc) is 3.36. The molecule has 0 saturated heterocycles. The summed E-state index contributed by atoms with van der Waals surface area (Å²) in [5, 5.41) is 1.41. The van der Waals surface area contributed by atoms with Crippen molar-refractivity contribution in [3.05, 3.63) is 82.1 Å². The van der Waals surface area contributed by atoms with Crippen molar-refractivity contribution in [1.82, 2.24) is 4.98 Å². The average molecular weight is 534 g/mol. The highest BCUT2D eigenvalue weighted by Gasteiger charge is 2.66. The maximum Gasteiger partial charge on any atom is 0.0489 e. The van der Waals surface area contributed by atoms with E-state index in [2.05, 4.69) is 109 Å². The fraction of sp³-hybridized carbons (Fsp3) is 0.590. The maximum atomic E-state index is 3.73. The van der Waals surface area contributed by atoms with Gasteiger partial charge in [0.1, 0.15) is 0 Å². The van der Waals surface area contributed by atoms with E-state index in [-0.39, 0.29) is 10.8 Å². The molecule has 1 heterocycles. The Kier molecular flexibility index (Phi) is 5.58. The molecule has 7 rings (SSSR count). The number of aryl methyl sites for hydroxylation is 2. The number of aromatic amines is 1. The third-order valence-corrected chi connectivity index (χ3v) is 13.6. The van der Waals surface area contributed by atoms with Crippen molar-refractivity contribution < 1.29 is 0 Å². The van der Waals surface area contributed by atoms with Crippen LogP contribution >= 0.6 is 0 Å². The summed E-state index contributed by atoms with van der Waals surface area (Å²) in [6, 6.07) is 14.1. The molecule has 0 bridgehead atoms. The number of H-pyrrole nitrogens is 1. The van der Waals surface area contributed by atoms with Crippen LogP contribution in [0.3, 0.4) is 0 Å². The molecule has 2 aromatic carbocycles. The molecule has 0 aliphatic heterocycles. The first kappa shape index (κ1) is 26.6. The highest BCUT2D eigenvalue weighted by molar-refractivity contribution is 5.87. The molecule has 1 nitrogen and oxygen atoms in total. The van der Waals surface area contributed by atoms with Crippen LogP contribution in [0.5, 0.6) is 0 Å². The molecule has 1 aromatic heterocycles. The van der Waals surface area contributed by atoms with Crippen molar-refractivity contribution in [3.63, 3.8) is 0 Å². The maximum absolute atomic E-state index is 3.73. The Balaban J connectivity index is 1.45. The fourth-order valence-electron chi connectivity index (χ4n) is 10.9. The van der Waals surface area contributed by atoms with Gasteiger partial charge in [0.15, 0.2) is 0 Å². The third-order valence-electron chi connectivity index (χ3n) is 13.6. The van der Waals surface area contributed by atoms with Gasteiger partial charge in [-0.25, -0.2) is 0 Å². The number of para-hydroxylation sites is 1. The van der Waals surface area contributed by atoms with Gasteiger partial charge in [0, 0.05) is 28.4 Å². The van der Waals surface area contributed by atoms with Gasteiger partial charge in [-0.2, -0.15) is 0 Å². The van der Waals surface area contributed by atoms with Gasteiger partial charge in [0.2, 0.25) is 0 Å². The van der Waals surface area contributed by atoms with Crippen LogP contribution in [0.4, 0.5) is 0 Å². The molecule has 4 aliphatic rings. The quantitative estimate of drug-likeness (QED) is 0.315. The highest BCUT2D eigenvalue weighted by Crippen LogP contribution is 2.75. The van der Waals surface area contributed by atoms with E-state index < -0.39 is 0 Å². The van der Waals surface area contributed by atoms with Crippen LogP contribution in [0, 0.1) is 34.5 Å². The second kappa shape index (κ2) is 8.39. The predicted octanol–water partition coefficient (Wildman–Crippen LogP) is 10.8. The van der Waals surface area contributed by atoms with Crippen molar-refractivity contribution in [2.75, 3.05) is 0 Å². The highest BCUT2D eigenvalue weighted by atomic mass is 14.7. The summed E-state index contributed by atoms with van der Waals surface area (Å²) in [4.78, 5) is 3.73. The normalized spacial score (nSPS) is 38.1. The number of aromatic nitrogens is 1. The lowest BCUT2D eigenvalue weighted by Gasteiger charge is -2.70. The van der Waals surface area contributed by atoms with Crippen molar-refractivity contribution in [2.45, 2.75) is 118 Å². The number of hydrogen-bond acceptors (Lipinski definition) is 0. The van der Waals surface area contributed by atoms with E-state index in [9.17, 15) is 0 Å². The first-order valence-electron chi connectivity index (χ1n) is 16.3. The topological polar surface area (TPSA) is 15.8 Å². The van der Waals surface area contributed by atoms with E-state index in [1.54, 1.807) is 16.7 Å².